The number of ether oxygens (including phenoxy) is 2. The summed E-state index contributed by atoms with van der Waals surface area (Å²) in [6, 6.07) is 21.5. The zero-order valence-corrected chi connectivity index (χ0v) is 20.5. The maximum atomic E-state index is 5.54. The smallest absolute Gasteiger partial charge is 0.119 e. The van der Waals surface area contributed by atoms with Crippen LogP contribution in [0.2, 0.25) is 0 Å². The highest BCUT2D eigenvalue weighted by molar-refractivity contribution is 5.89. The van der Waals surface area contributed by atoms with Gasteiger partial charge in [-0.05, 0) is 70.5 Å². The molecular formula is C30H32N2O2. The molecule has 0 spiro atoms. The molecule has 0 saturated heterocycles. The number of nitrogens with one attached hydrogen (secondary N) is 2. The first-order chi connectivity index (χ1) is 16.4. The summed E-state index contributed by atoms with van der Waals surface area (Å²) in [6.07, 6.45) is 5.19. The Bertz CT molecular complexity index is 1350. The van der Waals surface area contributed by atoms with Gasteiger partial charge in [0.05, 0.1) is 14.2 Å². The van der Waals surface area contributed by atoms with Gasteiger partial charge in [0.25, 0.3) is 0 Å². The molecule has 0 aliphatic rings. The van der Waals surface area contributed by atoms with Crippen LogP contribution < -0.4 is 9.47 Å². The molecule has 0 amide bonds. The maximum Gasteiger partial charge on any atom is 0.119 e. The largest absolute Gasteiger partial charge is 0.497 e. The second-order valence-corrected chi connectivity index (χ2v) is 10.0. The Morgan fingerprint density at radius 1 is 0.706 bits per heavy atom. The molecule has 4 heteroatoms. The summed E-state index contributed by atoms with van der Waals surface area (Å²) in [4.78, 5) is 6.95. The molecule has 0 fully saturated rings. The van der Waals surface area contributed by atoms with E-state index in [0.29, 0.717) is 0 Å². The number of benzene rings is 3. The normalized spacial score (nSPS) is 12.1. The molecule has 2 aromatic heterocycles. The first-order valence-corrected chi connectivity index (χ1v) is 11.8. The van der Waals surface area contributed by atoms with E-state index in [-0.39, 0.29) is 11.3 Å². The van der Waals surface area contributed by atoms with E-state index < -0.39 is 0 Å². The van der Waals surface area contributed by atoms with E-state index in [4.69, 9.17) is 9.47 Å². The fourth-order valence-corrected chi connectivity index (χ4v) is 4.84. The van der Waals surface area contributed by atoms with Crippen LogP contribution in [0.4, 0.5) is 0 Å². The number of hydrogen-bond donors (Lipinski definition) is 2. The van der Waals surface area contributed by atoms with Crippen LogP contribution in [-0.4, -0.2) is 24.2 Å². The molecule has 34 heavy (non-hydrogen) atoms. The van der Waals surface area contributed by atoms with E-state index >= 15 is 0 Å². The molecule has 0 radical (unpaired) electrons. The Balaban J connectivity index is 1.65. The maximum absolute atomic E-state index is 5.54. The number of aromatic nitrogens is 2. The molecule has 0 atom stereocenters. The standard InChI is InChI=1S/C30H32N2O2/c1-30(2,3)20-8-6-19(7-9-20)14-23(26-17-31-28-12-10-21(33-4)15-24(26)28)27-18-32-29-13-11-22(34-5)16-25(27)29/h6-13,15-18,23,31-32H,14H2,1-5H3. The SMILES string of the molecule is COc1ccc2[nH]cc(C(Cc3ccc(C(C)(C)C)cc3)c3c[nH]c4ccc(OC)cc34)c2c1. The number of H-pyrrole nitrogens is 2. The molecule has 5 rings (SSSR count). The van der Waals surface area contributed by atoms with Gasteiger partial charge < -0.3 is 19.4 Å². The molecule has 0 aliphatic heterocycles. The van der Waals surface area contributed by atoms with Gasteiger partial charge in [0.2, 0.25) is 0 Å². The van der Waals surface area contributed by atoms with Gasteiger partial charge in [0, 0.05) is 40.1 Å². The van der Waals surface area contributed by atoms with Crippen LogP contribution in [0.15, 0.2) is 73.1 Å². The topological polar surface area (TPSA) is 50.0 Å². The summed E-state index contributed by atoms with van der Waals surface area (Å²) in [6.45, 7) is 6.76. The van der Waals surface area contributed by atoms with E-state index in [0.717, 1.165) is 29.0 Å². The number of aromatic amines is 2. The minimum atomic E-state index is 0.138. The lowest BCUT2D eigenvalue weighted by molar-refractivity contribution is 0.415. The quantitative estimate of drug-likeness (QED) is 0.283. The lowest BCUT2D eigenvalue weighted by Gasteiger charge is -2.21. The van der Waals surface area contributed by atoms with Gasteiger partial charge in [-0.15, -0.1) is 0 Å². The number of fused-ring (bicyclic) bond motifs is 2. The van der Waals surface area contributed by atoms with Gasteiger partial charge in [-0.25, -0.2) is 0 Å². The van der Waals surface area contributed by atoms with Crippen LogP contribution in [-0.2, 0) is 11.8 Å². The number of rotatable bonds is 6. The average molecular weight is 453 g/mol. The lowest BCUT2D eigenvalue weighted by atomic mass is 9.83. The molecule has 174 valence electrons. The molecule has 0 saturated carbocycles. The fraction of sp³-hybridized carbons (Fsp3) is 0.267. The van der Waals surface area contributed by atoms with Crippen LogP contribution in [0.1, 0.15) is 48.9 Å². The Kier molecular flexibility index (Phi) is 5.60. The highest BCUT2D eigenvalue weighted by Crippen LogP contribution is 2.39. The van der Waals surface area contributed by atoms with Crippen LogP contribution in [0.5, 0.6) is 11.5 Å². The molecule has 0 bridgehead atoms. The van der Waals surface area contributed by atoms with Gasteiger partial charge in [0.15, 0.2) is 0 Å². The molecule has 2 heterocycles. The fourth-order valence-electron chi connectivity index (χ4n) is 4.84. The zero-order chi connectivity index (χ0) is 23.9. The third-order valence-electron chi connectivity index (χ3n) is 6.85. The van der Waals surface area contributed by atoms with E-state index in [1.807, 2.05) is 12.1 Å². The minimum Gasteiger partial charge on any atom is -0.497 e. The van der Waals surface area contributed by atoms with Crippen molar-refractivity contribution < 1.29 is 9.47 Å². The van der Waals surface area contributed by atoms with E-state index in [1.54, 1.807) is 14.2 Å². The Morgan fingerprint density at radius 2 is 1.21 bits per heavy atom. The Morgan fingerprint density at radius 3 is 1.65 bits per heavy atom. The Labute approximate surface area is 200 Å². The molecular weight excluding hydrogens is 420 g/mol. The predicted octanol–water partition coefficient (Wildman–Crippen LogP) is 7.34. The van der Waals surface area contributed by atoms with Crippen molar-refractivity contribution in [3.63, 3.8) is 0 Å². The summed E-state index contributed by atoms with van der Waals surface area (Å²) in [5.74, 6) is 1.88. The molecule has 0 unspecified atom stereocenters. The van der Waals surface area contributed by atoms with E-state index in [9.17, 15) is 0 Å². The minimum absolute atomic E-state index is 0.138. The van der Waals surface area contributed by atoms with Crippen molar-refractivity contribution in [2.75, 3.05) is 14.2 Å². The Hall–Kier alpha value is -3.66. The van der Waals surface area contributed by atoms with Crippen LogP contribution in [0, 0.1) is 0 Å². The second-order valence-electron chi connectivity index (χ2n) is 10.0. The summed E-state index contributed by atoms with van der Waals surface area (Å²) >= 11 is 0. The summed E-state index contributed by atoms with van der Waals surface area (Å²) in [5, 5.41) is 2.38. The van der Waals surface area contributed by atoms with Gasteiger partial charge in [-0.2, -0.15) is 0 Å². The summed E-state index contributed by atoms with van der Waals surface area (Å²) < 4.78 is 11.1. The van der Waals surface area contributed by atoms with Crippen molar-refractivity contribution in [2.24, 2.45) is 0 Å². The average Bonchev–Trinajstić information content (AvgIpc) is 3.45. The molecule has 5 aromatic rings. The van der Waals surface area contributed by atoms with Gasteiger partial charge >= 0.3 is 0 Å². The van der Waals surface area contributed by atoms with Crippen molar-refractivity contribution in [3.05, 3.63) is 95.3 Å². The zero-order valence-electron chi connectivity index (χ0n) is 20.5. The van der Waals surface area contributed by atoms with Crippen LogP contribution >= 0.6 is 0 Å². The van der Waals surface area contributed by atoms with Crippen molar-refractivity contribution in [1.29, 1.82) is 0 Å². The first-order valence-electron chi connectivity index (χ1n) is 11.8. The van der Waals surface area contributed by atoms with Crippen molar-refractivity contribution in [2.45, 2.75) is 38.5 Å². The van der Waals surface area contributed by atoms with Gasteiger partial charge in [-0.3, -0.25) is 0 Å². The van der Waals surface area contributed by atoms with E-state index in [2.05, 4.69) is 91.7 Å². The summed E-state index contributed by atoms with van der Waals surface area (Å²) in [7, 11) is 3.43. The van der Waals surface area contributed by atoms with Crippen LogP contribution in [0.25, 0.3) is 21.8 Å². The molecule has 0 aliphatic carbocycles. The van der Waals surface area contributed by atoms with Gasteiger partial charge in [0.1, 0.15) is 11.5 Å². The monoisotopic (exact) mass is 452 g/mol. The number of hydrogen-bond acceptors (Lipinski definition) is 2. The van der Waals surface area contributed by atoms with Crippen molar-refractivity contribution >= 4 is 21.8 Å². The molecule has 4 nitrogen and oxygen atoms in total. The van der Waals surface area contributed by atoms with Crippen molar-refractivity contribution in [1.82, 2.24) is 9.97 Å². The third-order valence-corrected chi connectivity index (χ3v) is 6.85. The lowest BCUT2D eigenvalue weighted by Crippen LogP contribution is -2.11. The molecule has 2 N–H and O–H groups in total. The van der Waals surface area contributed by atoms with Crippen molar-refractivity contribution in [3.8, 4) is 11.5 Å². The van der Waals surface area contributed by atoms with Gasteiger partial charge in [-0.1, -0.05) is 45.0 Å². The first kappa shape index (κ1) is 22.1. The molecule has 3 aromatic carbocycles. The predicted molar refractivity (Wildman–Crippen MR) is 140 cm³/mol. The number of methoxy groups -OCH3 is 2. The second kappa shape index (κ2) is 8.60. The van der Waals surface area contributed by atoms with E-state index in [1.165, 1.54) is 33.0 Å². The summed E-state index contributed by atoms with van der Waals surface area (Å²) in [5.41, 5.74) is 7.55. The highest BCUT2D eigenvalue weighted by atomic mass is 16.5. The third kappa shape index (κ3) is 4.05. The van der Waals surface area contributed by atoms with Crippen LogP contribution in [0.3, 0.4) is 0 Å². The highest BCUT2D eigenvalue weighted by Gasteiger charge is 2.23.